The molecule has 1 rings (SSSR count). The molecule has 4 nitrogen and oxygen atoms in total. The third kappa shape index (κ3) is 2.96. The Labute approximate surface area is 87.3 Å². The van der Waals surface area contributed by atoms with Crippen molar-refractivity contribution in [3.05, 3.63) is 22.7 Å². The zero-order valence-electron chi connectivity index (χ0n) is 8.24. The largest absolute Gasteiger partial charge is 0.458 e. The number of carbonyl (C=O) groups excluding carboxylic acids is 1. The quantitative estimate of drug-likeness (QED) is 0.558. The average molecular weight is 215 g/mol. The summed E-state index contributed by atoms with van der Waals surface area (Å²) in [5.74, 6) is -0.479. The number of carbonyl (C=O) groups is 1. The molecular formula is C9H11ClN2O2. The molecule has 0 unspecified atom stereocenters. The van der Waals surface area contributed by atoms with E-state index in [0.717, 1.165) is 0 Å². The van der Waals surface area contributed by atoms with E-state index in [1.807, 2.05) is 0 Å². The van der Waals surface area contributed by atoms with Crippen molar-refractivity contribution in [3.8, 4) is 0 Å². The van der Waals surface area contributed by atoms with Crippen molar-refractivity contribution in [1.29, 1.82) is 0 Å². The molecule has 0 N–H and O–H groups in total. The molecule has 0 radical (unpaired) electrons. The van der Waals surface area contributed by atoms with Crippen LogP contribution in [0.25, 0.3) is 0 Å². The lowest BCUT2D eigenvalue weighted by Crippen LogP contribution is -2.13. The van der Waals surface area contributed by atoms with E-state index < -0.39 is 5.97 Å². The van der Waals surface area contributed by atoms with Gasteiger partial charge in [0.2, 0.25) is 5.28 Å². The van der Waals surface area contributed by atoms with Crippen molar-refractivity contribution in [2.75, 3.05) is 0 Å². The van der Waals surface area contributed by atoms with Gasteiger partial charge in [-0.05, 0) is 38.4 Å². The number of halogens is 1. The summed E-state index contributed by atoms with van der Waals surface area (Å²) in [7, 11) is 0. The second-order valence-electron chi connectivity index (χ2n) is 3.12. The maximum Gasteiger partial charge on any atom is 0.357 e. The molecule has 0 aliphatic heterocycles. The van der Waals surface area contributed by atoms with Crippen molar-refractivity contribution >= 4 is 17.6 Å². The van der Waals surface area contributed by atoms with Gasteiger partial charge in [0.1, 0.15) is 0 Å². The number of hydrogen-bond donors (Lipinski definition) is 0. The summed E-state index contributed by atoms with van der Waals surface area (Å²) in [4.78, 5) is 19.0. The first-order chi connectivity index (χ1) is 6.49. The van der Waals surface area contributed by atoms with Gasteiger partial charge >= 0.3 is 5.97 Å². The van der Waals surface area contributed by atoms with Crippen LogP contribution in [0, 0.1) is 6.92 Å². The second-order valence-corrected chi connectivity index (χ2v) is 3.46. The van der Waals surface area contributed by atoms with Gasteiger partial charge < -0.3 is 4.74 Å². The summed E-state index contributed by atoms with van der Waals surface area (Å²) in [6.45, 7) is 5.28. The molecule has 1 aromatic heterocycles. The van der Waals surface area contributed by atoms with Crippen molar-refractivity contribution in [2.24, 2.45) is 0 Å². The first-order valence-corrected chi connectivity index (χ1v) is 4.59. The van der Waals surface area contributed by atoms with Gasteiger partial charge in [-0.2, -0.15) is 0 Å². The normalized spacial score (nSPS) is 10.4. The third-order valence-electron chi connectivity index (χ3n) is 1.38. The number of aromatic nitrogens is 2. The van der Waals surface area contributed by atoms with Crippen molar-refractivity contribution < 1.29 is 9.53 Å². The number of ether oxygens (including phenoxy) is 1. The molecule has 0 bridgehead atoms. The van der Waals surface area contributed by atoms with Gasteiger partial charge in [-0.25, -0.2) is 14.8 Å². The lowest BCUT2D eigenvalue weighted by molar-refractivity contribution is 0.0370. The van der Waals surface area contributed by atoms with E-state index in [2.05, 4.69) is 9.97 Å². The fourth-order valence-corrected chi connectivity index (χ4v) is 1.14. The van der Waals surface area contributed by atoms with Gasteiger partial charge in [0, 0.05) is 5.69 Å². The highest BCUT2D eigenvalue weighted by molar-refractivity contribution is 6.28. The minimum Gasteiger partial charge on any atom is -0.458 e. The summed E-state index contributed by atoms with van der Waals surface area (Å²) in [6.07, 6.45) is -0.170. The van der Waals surface area contributed by atoms with E-state index in [0.29, 0.717) is 5.69 Å². The molecule has 14 heavy (non-hydrogen) atoms. The highest BCUT2D eigenvalue weighted by Gasteiger charge is 2.12. The zero-order valence-corrected chi connectivity index (χ0v) is 9.00. The Hall–Kier alpha value is -1.16. The number of esters is 1. The van der Waals surface area contributed by atoms with E-state index in [-0.39, 0.29) is 17.1 Å². The van der Waals surface area contributed by atoms with Crippen molar-refractivity contribution in [3.63, 3.8) is 0 Å². The average Bonchev–Trinajstić information content (AvgIpc) is 2.00. The van der Waals surface area contributed by atoms with Gasteiger partial charge in [0.05, 0.1) is 6.10 Å². The highest BCUT2D eigenvalue weighted by Crippen LogP contribution is 2.07. The summed E-state index contributed by atoms with van der Waals surface area (Å²) in [6, 6.07) is 1.54. The van der Waals surface area contributed by atoms with Crippen LogP contribution in [0.2, 0.25) is 5.28 Å². The van der Waals surface area contributed by atoms with Crippen molar-refractivity contribution in [1.82, 2.24) is 9.97 Å². The Bertz CT molecular complexity index is 332. The van der Waals surface area contributed by atoms with Crippen LogP contribution in [0.3, 0.4) is 0 Å². The molecule has 0 saturated heterocycles. The summed E-state index contributed by atoms with van der Waals surface area (Å²) in [5, 5.41) is 0.0562. The number of hydrogen-bond acceptors (Lipinski definition) is 4. The predicted molar refractivity (Wildman–Crippen MR) is 52.3 cm³/mol. The number of nitrogens with zero attached hydrogens (tertiary/aromatic N) is 2. The van der Waals surface area contributed by atoms with E-state index in [4.69, 9.17) is 16.3 Å². The molecule has 0 aliphatic rings. The van der Waals surface area contributed by atoms with Crippen LogP contribution in [0.5, 0.6) is 0 Å². The molecule has 0 atom stereocenters. The molecule has 0 saturated carbocycles. The van der Waals surface area contributed by atoms with Gasteiger partial charge in [0.15, 0.2) is 5.69 Å². The summed E-state index contributed by atoms with van der Waals surface area (Å²) >= 11 is 5.60. The van der Waals surface area contributed by atoms with E-state index in [9.17, 15) is 4.79 Å². The molecule has 0 aromatic carbocycles. The highest BCUT2D eigenvalue weighted by atomic mass is 35.5. The smallest absolute Gasteiger partial charge is 0.357 e. The topological polar surface area (TPSA) is 52.1 Å². The monoisotopic (exact) mass is 214 g/mol. The molecule has 0 spiro atoms. The predicted octanol–water partition coefficient (Wildman–Crippen LogP) is 2.00. The Balaban J connectivity index is 2.90. The molecule has 0 aliphatic carbocycles. The Morgan fingerprint density at radius 2 is 2.14 bits per heavy atom. The molecule has 76 valence electrons. The number of aryl methyl sites for hydroxylation is 1. The maximum atomic E-state index is 11.4. The van der Waals surface area contributed by atoms with E-state index in [1.165, 1.54) is 6.07 Å². The first kappa shape index (κ1) is 10.9. The molecule has 0 fully saturated rings. The Morgan fingerprint density at radius 3 is 2.64 bits per heavy atom. The molecule has 5 heteroatoms. The lowest BCUT2D eigenvalue weighted by atomic mass is 10.3. The molecule has 1 aromatic rings. The fourth-order valence-electron chi connectivity index (χ4n) is 0.911. The van der Waals surface area contributed by atoms with Crippen LogP contribution >= 0.6 is 11.6 Å². The van der Waals surface area contributed by atoms with Crippen molar-refractivity contribution in [2.45, 2.75) is 26.9 Å². The standard InChI is InChI=1S/C9H11ClN2O2/c1-5(2)14-8(13)7-4-6(3)11-9(10)12-7/h4-5H,1-3H3. The SMILES string of the molecule is Cc1cc(C(=O)OC(C)C)nc(Cl)n1. The third-order valence-corrected chi connectivity index (χ3v) is 1.55. The van der Waals surface area contributed by atoms with E-state index >= 15 is 0 Å². The van der Waals surface area contributed by atoms with Crippen LogP contribution < -0.4 is 0 Å². The van der Waals surface area contributed by atoms with Gasteiger partial charge in [-0.3, -0.25) is 0 Å². The van der Waals surface area contributed by atoms with Crippen LogP contribution in [-0.2, 0) is 4.74 Å². The van der Waals surface area contributed by atoms with Gasteiger partial charge in [-0.1, -0.05) is 0 Å². The van der Waals surface area contributed by atoms with Crippen LogP contribution in [-0.4, -0.2) is 22.0 Å². The maximum absolute atomic E-state index is 11.4. The van der Waals surface area contributed by atoms with Gasteiger partial charge in [-0.15, -0.1) is 0 Å². The fraction of sp³-hybridized carbons (Fsp3) is 0.444. The second kappa shape index (κ2) is 4.37. The van der Waals surface area contributed by atoms with Crippen LogP contribution in [0.15, 0.2) is 6.07 Å². The molecular weight excluding hydrogens is 204 g/mol. The summed E-state index contributed by atoms with van der Waals surface area (Å²) < 4.78 is 4.96. The van der Waals surface area contributed by atoms with Crippen LogP contribution in [0.1, 0.15) is 30.0 Å². The Morgan fingerprint density at radius 1 is 1.50 bits per heavy atom. The minimum atomic E-state index is -0.479. The lowest BCUT2D eigenvalue weighted by Gasteiger charge is -2.07. The summed E-state index contributed by atoms with van der Waals surface area (Å²) in [5.41, 5.74) is 0.830. The van der Waals surface area contributed by atoms with E-state index in [1.54, 1.807) is 20.8 Å². The molecule has 0 amide bonds. The number of rotatable bonds is 2. The van der Waals surface area contributed by atoms with Gasteiger partial charge in [0.25, 0.3) is 0 Å². The first-order valence-electron chi connectivity index (χ1n) is 4.21. The Kier molecular flexibility index (Phi) is 3.41. The minimum absolute atomic E-state index is 0.0562. The van der Waals surface area contributed by atoms with Crippen LogP contribution in [0.4, 0.5) is 0 Å². The zero-order chi connectivity index (χ0) is 10.7. The molecule has 1 heterocycles.